The molecule has 134 valence electrons. The predicted octanol–water partition coefficient (Wildman–Crippen LogP) is 3.33. The summed E-state index contributed by atoms with van der Waals surface area (Å²) < 4.78 is 7.70. The highest BCUT2D eigenvalue weighted by atomic mass is 16.5. The van der Waals surface area contributed by atoms with Gasteiger partial charge in [0.25, 0.3) is 0 Å². The van der Waals surface area contributed by atoms with E-state index in [0.717, 1.165) is 29.7 Å². The maximum atomic E-state index is 12.3. The zero-order chi connectivity index (χ0) is 18.0. The van der Waals surface area contributed by atoms with Gasteiger partial charge in [-0.05, 0) is 55.5 Å². The Morgan fingerprint density at radius 3 is 2.92 bits per heavy atom. The molecule has 0 aliphatic carbocycles. The first kappa shape index (κ1) is 17.5. The van der Waals surface area contributed by atoms with Crippen molar-refractivity contribution < 1.29 is 9.53 Å². The molecular formula is C20H27N3O2. The molecule has 5 heteroatoms. The Kier molecular flexibility index (Phi) is 4.84. The largest absolute Gasteiger partial charge is 0.487 e. The van der Waals surface area contributed by atoms with Crippen LogP contribution in [0.5, 0.6) is 5.75 Å². The molecule has 3 rings (SSSR count). The van der Waals surface area contributed by atoms with Crippen molar-refractivity contribution in [3.63, 3.8) is 0 Å². The zero-order valence-corrected chi connectivity index (χ0v) is 15.5. The molecule has 0 saturated heterocycles. The SMILES string of the molecule is CC[C@H](NC(=O)CCc1cnn(C)c1)c1ccc2c(c1)CC(C)(C)O2. The monoisotopic (exact) mass is 341 g/mol. The van der Waals surface area contributed by atoms with Gasteiger partial charge in [0.1, 0.15) is 11.4 Å². The van der Waals surface area contributed by atoms with Crippen LogP contribution in [-0.2, 0) is 24.7 Å². The van der Waals surface area contributed by atoms with Crippen LogP contribution in [0, 0.1) is 0 Å². The third kappa shape index (κ3) is 4.21. The number of hydrogen-bond donors (Lipinski definition) is 1. The molecule has 2 aromatic rings. The average molecular weight is 341 g/mol. The molecule has 1 aliphatic heterocycles. The minimum Gasteiger partial charge on any atom is -0.487 e. The van der Waals surface area contributed by atoms with Crippen LogP contribution < -0.4 is 10.1 Å². The van der Waals surface area contributed by atoms with Crippen LogP contribution >= 0.6 is 0 Å². The lowest BCUT2D eigenvalue weighted by molar-refractivity contribution is -0.121. The molecule has 0 spiro atoms. The fraction of sp³-hybridized carbons (Fsp3) is 0.500. The van der Waals surface area contributed by atoms with Crippen LogP contribution in [0.1, 0.15) is 56.3 Å². The number of fused-ring (bicyclic) bond motifs is 1. The van der Waals surface area contributed by atoms with E-state index in [1.165, 1.54) is 5.56 Å². The fourth-order valence-corrected chi connectivity index (χ4v) is 3.39. The lowest BCUT2D eigenvalue weighted by Crippen LogP contribution is -2.28. The normalized spacial score (nSPS) is 16.2. The fourth-order valence-electron chi connectivity index (χ4n) is 3.39. The van der Waals surface area contributed by atoms with Crippen molar-refractivity contribution in [1.82, 2.24) is 15.1 Å². The minimum atomic E-state index is -0.143. The van der Waals surface area contributed by atoms with Gasteiger partial charge in [0.2, 0.25) is 5.91 Å². The number of benzene rings is 1. The summed E-state index contributed by atoms with van der Waals surface area (Å²) in [6.45, 7) is 6.30. The Bertz CT molecular complexity index is 764. The summed E-state index contributed by atoms with van der Waals surface area (Å²) in [6, 6.07) is 6.31. The summed E-state index contributed by atoms with van der Waals surface area (Å²) >= 11 is 0. The van der Waals surface area contributed by atoms with Crippen molar-refractivity contribution in [2.45, 2.75) is 58.1 Å². The Hall–Kier alpha value is -2.30. The molecule has 0 fully saturated rings. The molecule has 2 heterocycles. The first-order valence-electron chi connectivity index (χ1n) is 8.95. The lowest BCUT2D eigenvalue weighted by Gasteiger charge is -2.18. The standard InChI is InChI=1S/C20H27N3O2/c1-5-17(22-19(24)9-6-14-12-21-23(4)13-14)15-7-8-18-16(10-15)11-20(2,3)25-18/h7-8,10,12-13,17H,5-6,9,11H2,1-4H3,(H,22,24)/t17-/m0/s1. The number of aryl methyl sites for hydroxylation is 2. The van der Waals surface area contributed by atoms with Crippen molar-refractivity contribution >= 4 is 5.91 Å². The van der Waals surface area contributed by atoms with Crippen LogP contribution in [0.2, 0.25) is 0 Å². The first-order chi connectivity index (χ1) is 11.9. The number of rotatable bonds is 6. The number of carbonyl (C=O) groups is 1. The molecule has 1 amide bonds. The highest BCUT2D eigenvalue weighted by molar-refractivity contribution is 5.76. The van der Waals surface area contributed by atoms with Gasteiger partial charge in [-0.3, -0.25) is 9.48 Å². The molecule has 1 atom stereocenters. The van der Waals surface area contributed by atoms with Crippen LogP contribution in [0.15, 0.2) is 30.6 Å². The summed E-state index contributed by atoms with van der Waals surface area (Å²) in [5.41, 5.74) is 3.32. The van der Waals surface area contributed by atoms with Gasteiger partial charge in [-0.2, -0.15) is 5.10 Å². The number of nitrogens with one attached hydrogen (secondary N) is 1. The number of ether oxygens (including phenoxy) is 1. The maximum absolute atomic E-state index is 12.3. The molecular weight excluding hydrogens is 314 g/mol. The van der Waals surface area contributed by atoms with Gasteiger partial charge >= 0.3 is 0 Å². The van der Waals surface area contributed by atoms with Gasteiger partial charge in [0, 0.05) is 26.1 Å². The van der Waals surface area contributed by atoms with Gasteiger partial charge in [0.05, 0.1) is 12.2 Å². The van der Waals surface area contributed by atoms with Gasteiger partial charge in [-0.1, -0.05) is 13.0 Å². The van der Waals surface area contributed by atoms with E-state index >= 15 is 0 Å². The Labute approximate surface area is 149 Å². The van der Waals surface area contributed by atoms with Gasteiger partial charge in [-0.15, -0.1) is 0 Å². The van der Waals surface area contributed by atoms with E-state index in [-0.39, 0.29) is 17.6 Å². The molecule has 0 unspecified atom stereocenters. The molecule has 25 heavy (non-hydrogen) atoms. The lowest BCUT2D eigenvalue weighted by atomic mass is 9.97. The van der Waals surface area contributed by atoms with E-state index in [1.54, 1.807) is 4.68 Å². The van der Waals surface area contributed by atoms with Crippen LogP contribution in [-0.4, -0.2) is 21.3 Å². The quantitative estimate of drug-likeness (QED) is 0.877. The van der Waals surface area contributed by atoms with E-state index in [1.807, 2.05) is 25.5 Å². The third-order valence-corrected chi connectivity index (χ3v) is 4.63. The van der Waals surface area contributed by atoms with Crippen molar-refractivity contribution in [3.8, 4) is 5.75 Å². The second-order valence-corrected chi connectivity index (χ2v) is 7.46. The second-order valence-electron chi connectivity index (χ2n) is 7.46. The first-order valence-corrected chi connectivity index (χ1v) is 8.95. The topological polar surface area (TPSA) is 56.2 Å². The van der Waals surface area contributed by atoms with Crippen molar-refractivity contribution in [3.05, 3.63) is 47.3 Å². The summed E-state index contributed by atoms with van der Waals surface area (Å²) in [7, 11) is 1.88. The summed E-state index contributed by atoms with van der Waals surface area (Å²) in [6.07, 6.45) is 6.72. The Morgan fingerprint density at radius 2 is 2.24 bits per heavy atom. The molecule has 1 N–H and O–H groups in total. The number of carbonyl (C=O) groups excluding carboxylic acids is 1. The van der Waals surface area contributed by atoms with E-state index in [0.29, 0.717) is 12.8 Å². The molecule has 1 aliphatic rings. The number of aromatic nitrogens is 2. The van der Waals surface area contributed by atoms with Crippen molar-refractivity contribution in [1.29, 1.82) is 0 Å². The number of nitrogens with zero attached hydrogens (tertiary/aromatic N) is 2. The van der Waals surface area contributed by atoms with Gasteiger partial charge < -0.3 is 10.1 Å². The van der Waals surface area contributed by atoms with Crippen LogP contribution in [0.3, 0.4) is 0 Å². The maximum Gasteiger partial charge on any atom is 0.220 e. The molecule has 0 bridgehead atoms. The summed E-state index contributed by atoms with van der Waals surface area (Å²) in [5, 5.41) is 7.30. The van der Waals surface area contributed by atoms with E-state index in [4.69, 9.17) is 4.74 Å². The molecule has 1 aromatic heterocycles. The highest BCUT2D eigenvalue weighted by Crippen LogP contribution is 2.36. The Balaban J connectivity index is 1.62. The van der Waals surface area contributed by atoms with Gasteiger partial charge in [0.15, 0.2) is 0 Å². The van der Waals surface area contributed by atoms with E-state index in [2.05, 4.69) is 43.3 Å². The van der Waals surface area contributed by atoms with Gasteiger partial charge in [-0.25, -0.2) is 0 Å². The minimum absolute atomic E-state index is 0.0374. The zero-order valence-electron chi connectivity index (χ0n) is 15.5. The molecule has 1 aromatic carbocycles. The van der Waals surface area contributed by atoms with Crippen molar-refractivity contribution in [2.75, 3.05) is 0 Å². The highest BCUT2D eigenvalue weighted by Gasteiger charge is 2.30. The van der Waals surface area contributed by atoms with E-state index < -0.39 is 0 Å². The second kappa shape index (κ2) is 6.90. The van der Waals surface area contributed by atoms with E-state index in [9.17, 15) is 4.79 Å². The van der Waals surface area contributed by atoms with Crippen LogP contribution in [0.25, 0.3) is 0 Å². The van der Waals surface area contributed by atoms with Crippen molar-refractivity contribution in [2.24, 2.45) is 7.05 Å². The molecule has 5 nitrogen and oxygen atoms in total. The predicted molar refractivity (Wildman–Crippen MR) is 97.6 cm³/mol. The Morgan fingerprint density at radius 1 is 1.44 bits per heavy atom. The molecule has 0 saturated carbocycles. The number of hydrogen-bond acceptors (Lipinski definition) is 3. The average Bonchev–Trinajstić information content (AvgIpc) is 3.10. The smallest absolute Gasteiger partial charge is 0.220 e. The summed E-state index contributed by atoms with van der Waals surface area (Å²) in [5.74, 6) is 1.04. The summed E-state index contributed by atoms with van der Waals surface area (Å²) in [4.78, 5) is 12.3. The third-order valence-electron chi connectivity index (χ3n) is 4.63. The van der Waals surface area contributed by atoms with Crippen LogP contribution in [0.4, 0.5) is 0 Å². The number of amides is 1. The molecule has 0 radical (unpaired) electrons.